The average molecular weight is 508 g/mol. The molecule has 172 valence electrons. The number of benzene rings is 2. The molecule has 0 aliphatic rings. The first-order chi connectivity index (χ1) is 15.8. The summed E-state index contributed by atoms with van der Waals surface area (Å²) < 4.78 is 16.0. The van der Waals surface area contributed by atoms with Crippen molar-refractivity contribution in [1.29, 1.82) is 0 Å². The number of halogens is 2. The van der Waals surface area contributed by atoms with Crippen molar-refractivity contribution < 1.29 is 23.5 Å². The Labute approximate surface area is 205 Å². The van der Waals surface area contributed by atoms with Crippen LogP contribution in [0, 0.1) is 0 Å². The molecule has 33 heavy (non-hydrogen) atoms. The molecule has 0 bridgehead atoms. The Morgan fingerprint density at radius 2 is 1.85 bits per heavy atom. The maximum absolute atomic E-state index is 12.4. The molecule has 2 amide bonds. The molecular formula is C22H19Cl2N3O5S. The van der Waals surface area contributed by atoms with Crippen molar-refractivity contribution in [2.45, 2.75) is 13.0 Å². The molecule has 3 aromatic rings. The highest BCUT2D eigenvalue weighted by Crippen LogP contribution is 2.29. The van der Waals surface area contributed by atoms with E-state index in [4.69, 9.17) is 49.3 Å². The number of hydrogen-bond acceptors (Lipinski definition) is 6. The molecule has 0 fully saturated rings. The molecule has 2 aromatic carbocycles. The lowest BCUT2D eigenvalue weighted by Crippen LogP contribution is -2.42. The Morgan fingerprint density at radius 3 is 2.52 bits per heavy atom. The van der Waals surface area contributed by atoms with Crippen molar-refractivity contribution >= 4 is 63.7 Å². The third-order valence-electron chi connectivity index (χ3n) is 4.26. The summed E-state index contributed by atoms with van der Waals surface area (Å²) in [5.74, 6) is -0.0358. The first kappa shape index (κ1) is 24.4. The van der Waals surface area contributed by atoms with Crippen LogP contribution in [0.4, 0.5) is 11.4 Å². The van der Waals surface area contributed by atoms with Gasteiger partial charge in [0.25, 0.3) is 11.8 Å². The number of nitrogens with one attached hydrogen (secondary N) is 3. The molecule has 0 spiro atoms. The Bertz CT molecular complexity index is 1170. The minimum Gasteiger partial charge on any atom is -0.494 e. The summed E-state index contributed by atoms with van der Waals surface area (Å²) in [6.45, 7) is 1.56. The maximum atomic E-state index is 12.4. The lowest BCUT2D eigenvalue weighted by molar-refractivity contribution is -0.125. The van der Waals surface area contributed by atoms with Gasteiger partial charge in [0.15, 0.2) is 17.0 Å². The molecule has 0 saturated carbocycles. The van der Waals surface area contributed by atoms with Gasteiger partial charge >= 0.3 is 0 Å². The van der Waals surface area contributed by atoms with Gasteiger partial charge in [-0.1, -0.05) is 23.2 Å². The predicted molar refractivity (Wildman–Crippen MR) is 131 cm³/mol. The summed E-state index contributed by atoms with van der Waals surface area (Å²) in [5, 5.41) is 8.92. The number of carbonyl (C=O) groups is 2. The lowest BCUT2D eigenvalue weighted by Gasteiger charge is -2.17. The summed E-state index contributed by atoms with van der Waals surface area (Å²) in [6.07, 6.45) is 0.529. The number of carbonyl (C=O) groups excluding carboxylic acids is 2. The minimum absolute atomic E-state index is 0.0482. The number of hydrogen-bond donors (Lipinski definition) is 3. The number of thiocarbonyl (C=S) groups is 1. The third-order valence-corrected chi connectivity index (χ3v) is 4.99. The number of ether oxygens (including phenoxy) is 2. The van der Waals surface area contributed by atoms with E-state index in [1.54, 1.807) is 49.4 Å². The SMILES string of the molecule is COc1cc(NC(=S)NC(=O)C(C)Oc2ccc(Cl)cc2Cl)ccc1NC(=O)c1ccco1. The standard InChI is InChI=1S/C22H19Cl2N3O5S/c1-12(32-17-8-5-13(23)10-15(17)24)20(28)27-22(33)25-14-6-7-16(19(11-14)30-2)26-21(29)18-4-3-9-31-18/h3-12H,1-2H3,(H,26,29)(H2,25,27,28,33). The second-order valence-electron chi connectivity index (χ2n) is 6.62. The zero-order valence-corrected chi connectivity index (χ0v) is 19.8. The van der Waals surface area contributed by atoms with Crippen molar-refractivity contribution in [3.05, 3.63) is 70.6 Å². The highest BCUT2D eigenvalue weighted by molar-refractivity contribution is 7.80. The molecule has 11 heteroatoms. The van der Waals surface area contributed by atoms with Gasteiger partial charge in [0.2, 0.25) is 0 Å². The Kier molecular flexibility index (Phi) is 8.16. The van der Waals surface area contributed by atoms with Crippen LogP contribution in [0.3, 0.4) is 0 Å². The van der Waals surface area contributed by atoms with Gasteiger partial charge in [-0.2, -0.15) is 0 Å². The molecule has 1 aromatic heterocycles. The predicted octanol–water partition coefficient (Wildman–Crippen LogP) is 5.13. The van der Waals surface area contributed by atoms with Gasteiger partial charge in [-0.3, -0.25) is 14.9 Å². The first-order valence-electron chi connectivity index (χ1n) is 9.53. The topological polar surface area (TPSA) is 102 Å². The zero-order valence-electron chi connectivity index (χ0n) is 17.5. The minimum atomic E-state index is -0.878. The van der Waals surface area contributed by atoms with E-state index in [-0.39, 0.29) is 15.9 Å². The van der Waals surface area contributed by atoms with Crippen LogP contribution in [0.2, 0.25) is 10.0 Å². The van der Waals surface area contributed by atoms with Crippen LogP contribution in [-0.2, 0) is 4.79 Å². The van der Waals surface area contributed by atoms with Gasteiger partial charge in [0.1, 0.15) is 11.5 Å². The molecule has 1 heterocycles. The Balaban J connectivity index is 1.58. The number of furan rings is 1. The van der Waals surface area contributed by atoms with Crippen LogP contribution < -0.4 is 25.4 Å². The second-order valence-corrected chi connectivity index (χ2v) is 7.88. The van der Waals surface area contributed by atoms with E-state index in [1.165, 1.54) is 19.4 Å². The summed E-state index contributed by atoms with van der Waals surface area (Å²) in [5.41, 5.74) is 0.962. The molecular weight excluding hydrogens is 489 g/mol. The number of rotatable bonds is 7. The van der Waals surface area contributed by atoms with E-state index < -0.39 is 17.9 Å². The van der Waals surface area contributed by atoms with Crippen molar-refractivity contribution in [3.63, 3.8) is 0 Å². The van der Waals surface area contributed by atoms with Gasteiger partial charge in [-0.15, -0.1) is 0 Å². The van der Waals surface area contributed by atoms with Gasteiger partial charge < -0.3 is 24.5 Å². The maximum Gasteiger partial charge on any atom is 0.291 e. The van der Waals surface area contributed by atoms with E-state index in [9.17, 15) is 9.59 Å². The van der Waals surface area contributed by atoms with E-state index in [2.05, 4.69) is 16.0 Å². The average Bonchev–Trinajstić information content (AvgIpc) is 3.31. The zero-order chi connectivity index (χ0) is 24.0. The molecule has 0 radical (unpaired) electrons. The van der Waals surface area contributed by atoms with E-state index in [0.29, 0.717) is 27.9 Å². The van der Waals surface area contributed by atoms with Crippen LogP contribution in [0.5, 0.6) is 11.5 Å². The van der Waals surface area contributed by atoms with E-state index in [0.717, 1.165) is 0 Å². The van der Waals surface area contributed by atoms with Crippen LogP contribution in [-0.4, -0.2) is 30.1 Å². The van der Waals surface area contributed by atoms with Gasteiger partial charge in [-0.05, 0) is 61.6 Å². The fourth-order valence-corrected chi connectivity index (χ4v) is 3.33. The smallest absolute Gasteiger partial charge is 0.291 e. The molecule has 1 atom stereocenters. The van der Waals surface area contributed by atoms with Crippen molar-refractivity contribution in [3.8, 4) is 11.5 Å². The molecule has 0 aliphatic heterocycles. The molecule has 1 unspecified atom stereocenters. The fourth-order valence-electron chi connectivity index (χ4n) is 2.65. The molecule has 3 rings (SSSR count). The van der Waals surface area contributed by atoms with Crippen LogP contribution >= 0.6 is 35.4 Å². The number of amides is 2. The van der Waals surface area contributed by atoms with Gasteiger partial charge in [0.05, 0.1) is 24.1 Å². The monoisotopic (exact) mass is 507 g/mol. The van der Waals surface area contributed by atoms with E-state index >= 15 is 0 Å². The Morgan fingerprint density at radius 1 is 1.06 bits per heavy atom. The summed E-state index contributed by atoms with van der Waals surface area (Å²) in [6, 6.07) is 12.8. The number of anilines is 2. The van der Waals surface area contributed by atoms with Crippen molar-refractivity contribution in [1.82, 2.24) is 5.32 Å². The Hall–Kier alpha value is -3.27. The van der Waals surface area contributed by atoms with E-state index in [1.807, 2.05) is 0 Å². The largest absolute Gasteiger partial charge is 0.494 e. The van der Waals surface area contributed by atoms with Crippen LogP contribution in [0.25, 0.3) is 0 Å². The summed E-state index contributed by atoms with van der Waals surface area (Å²) in [4.78, 5) is 24.6. The highest BCUT2D eigenvalue weighted by atomic mass is 35.5. The van der Waals surface area contributed by atoms with Crippen molar-refractivity contribution in [2.24, 2.45) is 0 Å². The van der Waals surface area contributed by atoms with Gasteiger partial charge in [0, 0.05) is 16.8 Å². The highest BCUT2D eigenvalue weighted by Gasteiger charge is 2.18. The lowest BCUT2D eigenvalue weighted by atomic mass is 10.2. The quantitative estimate of drug-likeness (QED) is 0.381. The molecule has 3 N–H and O–H groups in total. The normalized spacial score (nSPS) is 11.3. The van der Waals surface area contributed by atoms with Crippen LogP contribution in [0.15, 0.2) is 59.2 Å². The fraction of sp³-hybridized carbons (Fsp3) is 0.136. The number of methoxy groups -OCH3 is 1. The third kappa shape index (κ3) is 6.61. The van der Waals surface area contributed by atoms with Crippen LogP contribution in [0.1, 0.15) is 17.5 Å². The molecule has 8 nitrogen and oxygen atoms in total. The second kappa shape index (κ2) is 11.0. The summed E-state index contributed by atoms with van der Waals surface area (Å²) >= 11 is 17.1. The summed E-state index contributed by atoms with van der Waals surface area (Å²) in [7, 11) is 1.46. The first-order valence-corrected chi connectivity index (χ1v) is 10.7. The molecule has 0 aliphatic carbocycles. The van der Waals surface area contributed by atoms with Gasteiger partial charge in [-0.25, -0.2) is 0 Å². The molecule has 0 saturated heterocycles. The van der Waals surface area contributed by atoms with Crippen molar-refractivity contribution in [2.75, 3.05) is 17.7 Å².